The van der Waals surface area contributed by atoms with Gasteiger partial charge >= 0.3 is 18.1 Å². The van der Waals surface area contributed by atoms with Gasteiger partial charge in [-0.15, -0.1) is 0 Å². The molecule has 40 heavy (non-hydrogen) atoms. The molecule has 2 N–H and O–H groups in total. The molecule has 0 aliphatic carbocycles. The molecule has 2 aromatic carbocycles. The second-order valence-corrected chi connectivity index (χ2v) is 10.6. The molecular formula is C30H39F3N2O5. The van der Waals surface area contributed by atoms with Crippen LogP contribution in [0.3, 0.4) is 0 Å². The van der Waals surface area contributed by atoms with Crippen LogP contribution in [0.1, 0.15) is 51.7 Å². The Hall–Kier alpha value is -3.40. The summed E-state index contributed by atoms with van der Waals surface area (Å²) in [5.74, 6) is -5.53. The lowest BCUT2D eigenvalue weighted by molar-refractivity contribution is -0.184. The van der Waals surface area contributed by atoms with Gasteiger partial charge in [0, 0.05) is 6.54 Å². The predicted molar refractivity (Wildman–Crippen MR) is 145 cm³/mol. The molecule has 0 aliphatic rings. The summed E-state index contributed by atoms with van der Waals surface area (Å²) >= 11 is 0. The van der Waals surface area contributed by atoms with Gasteiger partial charge < -0.3 is 20.1 Å². The number of rotatable bonds is 15. The van der Waals surface area contributed by atoms with Crippen LogP contribution in [-0.4, -0.2) is 42.7 Å². The Morgan fingerprint density at radius 3 is 1.57 bits per heavy atom. The van der Waals surface area contributed by atoms with E-state index in [-0.39, 0.29) is 37.9 Å². The van der Waals surface area contributed by atoms with Gasteiger partial charge in [0.25, 0.3) is 0 Å². The minimum atomic E-state index is -4.93. The first kappa shape index (κ1) is 32.8. The average Bonchev–Trinajstić information content (AvgIpc) is 2.89. The zero-order valence-corrected chi connectivity index (χ0v) is 23.4. The van der Waals surface area contributed by atoms with Crippen LogP contribution in [0.15, 0.2) is 60.7 Å². The third-order valence-electron chi connectivity index (χ3n) is 6.03. The molecule has 0 heterocycles. The number of carbonyl (C=O) groups is 3. The highest BCUT2D eigenvalue weighted by Crippen LogP contribution is 2.27. The number of halogens is 3. The molecule has 2 aromatic rings. The van der Waals surface area contributed by atoms with Crippen molar-refractivity contribution in [1.82, 2.24) is 10.6 Å². The molecule has 2 rings (SSSR count). The zero-order chi connectivity index (χ0) is 29.7. The highest BCUT2D eigenvalue weighted by molar-refractivity contribution is 5.86. The molecule has 3 atom stereocenters. The number of hydrogen-bond donors (Lipinski definition) is 2. The van der Waals surface area contributed by atoms with Crippen LogP contribution >= 0.6 is 0 Å². The van der Waals surface area contributed by atoms with E-state index in [1.807, 2.05) is 19.9 Å². The van der Waals surface area contributed by atoms with Crippen molar-refractivity contribution >= 4 is 17.8 Å². The molecule has 0 saturated heterocycles. The minimum Gasteiger partial charge on any atom is -0.460 e. The zero-order valence-electron chi connectivity index (χ0n) is 23.4. The second kappa shape index (κ2) is 16.0. The highest BCUT2D eigenvalue weighted by atomic mass is 19.4. The molecular weight excluding hydrogens is 525 g/mol. The van der Waals surface area contributed by atoms with Gasteiger partial charge in [-0.05, 0) is 35.8 Å². The normalized spacial score (nSPS) is 13.9. The first-order chi connectivity index (χ1) is 18.9. The van der Waals surface area contributed by atoms with Crippen LogP contribution in [0.5, 0.6) is 0 Å². The molecule has 0 unspecified atom stereocenters. The van der Waals surface area contributed by atoms with Crippen molar-refractivity contribution in [2.45, 2.75) is 72.0 Å². The minimum absolute atomic E-state index is 0.0267. The lowest BCUT2D eigenvalue weighted by Crippen LogP contribution is -2.52. The van der Waals surface area contributed by atoms with Gasteiger partial charge in [0.1, 0.15) is 31.2 Å². The fraction of sp³-hybridized carbons (Fsp3) is 0.500. The van der Waals surface area contributed by atoms with E-state index in [1.165, 1.54) is 0 Å². The molecule has 220 valence electrons. The van der Waals surface area contributed by atoms with Crippen LogP contribution in [0.25, 0.3) is 0 Å². The van der Waals surface area contributed by atoms with E-state index in [0.717, 1.165) is 5.56 Å². The molecule has 10 heteroatoms. The monoisotopic (exact) mass is 564 g/mol. The topological polar surface area (TPSA) is 93.7 Å². The van der Waals surface area contributed by atoms with E-state index in [2.05, 4.69) is 10.6 Å². The fourth-order valence-corrected chi connectivity index (χ4v) is 3.97. The summed E-state index contributed by atoms with van der Waals surface area (Å²) in [6.07, 6.45) is -4.62. The first-order valence-electron chi connectivity index (χ1n) is 13.4. The Morgan fingerprint density at radius 1 is 0.725 bits per heavy atom. The molecule has 0 saturated carbocycles. The van der Waals surface area contributed by atoms with Crippen LogP contribution in [0, 0.1) is 17.8 Å². The van der Waals surface area contributed by atoms with E-state index in [9.17, 15) is 27.6 Å². The molecule has 0 spiro atoms. The largest absolute Gasteiger partial charge is 0.460 e. The van der Waals surface area contributed by atoms with Gasteiger partial charge in [0.2, 0.25) is 5.91 Å². The van der Waals surface area contributed by atoms with E-state index >= 15 is 0 Å². The Labute approximate surface area is 233 Å². The van der Waals surface area contributed by atoms with Crippen LogP contribution in [0.2, 0.25) is 0 Å². The standard InChI is InChI=1S/C30H39F3N2O5/c1-20(2)15-25(28(37)39-18-22-11-7-5-8-12-22)34-17-24(30(31,32)33)27(36)35-26(16-21(3)4)29(38)40-19-23-13-9-6-10-14-23/h5-14,20-21,24-26,34H,15-19H2,1-4H3,(H,35,36)/t24-,25-,26-/m0/s1. The lowest BCUT2D eigenvalue weighted by atomic mass is 10.0. The number of esters is 2. The number of carbonyl (C=O) groups excluding carboxylic acids is 3. The summed E-state index contributed by atoms with van der Waals surface area (Å²) in [5.41, 5.74) is 1.44. The Kier molecular flexibility index (Phi) is 13.1. The molecule has 0 bridgehead atoms. The molecule has 0 radical (unpaired) electrons. The van der Waals surface area contributed by atoms with E-state index in [1.54, 1.807) is 68.4 Å². The van der Waals surface area contributed by atoms with E-state index < -0.39 is 48.6 Å². The third-order valence-corrected chi connectivity index (χ3v) is 6.03. The summed E-state index contributed by atoms with van der Waals surface area (Å²) in [4.78, 5) is 38.3. The molecule has 0 aliphatic heterocycles. The molecule has 0 fully saturated rings. The molecule has 0 aromatic heterocycles. The Morgan fingerprint density at radius 2 is 1.15 bits per heavy atom. The maximum atomic E-state index is 14.0. The van der Waals surface area contributed by atoms with Crippen LogP contribution < -0.4 is 10.6 Å². The second-order valence-electron chi connectivity index (χ2n) is 10.6. The Bertz CT molecular complexity index is 1060. The number of amides is 1. The van der Waals surface area contributed by atoms with Gasteiger partial charge in [0.15, 0.2) is 0 Å². The summed E-state index contributed by atoms with van der Waals surface area (Å²) < 4.78 is 52.6. The molecule has 7 nitrogen and oxygen atoms in total. The first-order valence-corrected chi connectivity index (χ1v) is 13.4. The summed E-state index contributed by atoms with van der Waals surface area (Å²) in [6.45, 7) is 6.25. The molecule has 1 amide bonds. The van der Waals surface area contributed by atoms with Crippen molar-refractivity contribution < 1.29 is 37.0 Å². The van der Waals surface area contributed by atoms with Gasteiger partial charge in [-0.3, -0.25) is 9.59 Å². The van der Waals surface area contributed by atoms with Crippen molar-refractivity contribution in [2.75, 3.05) is 6.54 Å². The summed E-state index contributed by atoms with van der Waals surface area (Å²) in [6, 6.07) is 15.4. The predicted octanol–water partition coefficient (Wildman–Crippen LogP) is 5.19. The van der Waals surface area contributed by atoms with Crippen molar-refractivity contribution in [3.8, 4) is 0 Å². The van der Waals surface area contributed by atoms with Crippen molar-refractivity contribution in [2.24, 2.45) is 17.8 Å². The van der Waals surface area contributed by atoms with Crippen molar-refractivity contribution in [1.29, 1.82) is 0 Å². The van der Waals surface area contributed by atoms with Crippen molar-refractivity contribution in [3.05, 3.63) is 71.8 Å². The number of benzene rings is 2. The lowest BCUT2D eigenvalue weighted by Gasteiger charge is -2.26. The SMILES string of the molecule is CC(C)C[C@H](NC[C@@H](C(=O)N[C@@H](CC(C)C)C(=O)OCc1ccccc1)C(F)(F)F)C(=O)OCc1ccccc1. The average molecular weight is 565 g/mol. The third kappa shape index (κ3) is 11.8. The van der Waals surface area contributed by atoms with Gasteiger partial charge in [-0.25, -0.2) is 4.79 Å². The number of ether oxygens (including phenoxy) is 2. The smallest absolute Gasteiger partial charge is 0.401 e. The summed E-state index contributed by atoms with van der Waals surface area (Å²) in [5, 5.41) is 4.83. The maximum Gasteiger partial charge on any atom is 0.401 e. The number of alkyl halides is 3. The van der Waals surface area contributed by atoms with E-state index in [4.69, 9.17) is 9.47 Å². The number of nitrogens with one attached hydrogen (secondary N) is 2. The van der Waals surface area contributed by atoms with Crippen molar-refractivity contribution in [3.63, 3.8) is 0 Å². The fourth-order valence-electron chi connectivity index (χ4n) is 3.97. The van der Waals surface area contributed by atoms with Gasteiger partial charge in [-0.1, -0.05) is 88.4 Å². The van der Waals surface area contributed by atoms with Crippen LogP contribution in [-0.2, 0) is 37.1 Å². The van der Waals surface area contributed by atoms with Gasteiger partial charge in [0.05, 0.1) is 0 Å². The number of hydrogen-bond acceptors (Lipinski definition) is 6. The Balaban J connectivity index is 2.08. The van der Waals surface area contributed by atoms with E-state index in [0.29, 0.717) is 5.56 Å². The maximum absolute atomic E-state index is 14.0. The quantitative estimate of drug-likeness (QED) is 0.290. The summed E-state index contributed by atoms with van der Waals surface area (Å²) in [7, 11) is 0. The van der Waals surface area contributed by atoms with Crippen LogP contribution in [0.4, 0.5) is 13.2 Å². The highest BCUT2D eigenvalue weighted by Gasteiger charge is 2.46. The van der Waals surface area contributed by atoms with Gasteiger partial charge in [-0.2, -0.15) is 13.2 Å².